The Labute approximate surface area is 121 Å². The van der Waals surface area contributed by atoms with E-state index in [1.807, 2.05) is 6.07 Å². The maximum absolute atomic E-state index is 13.7. The fraction of sp³-hybridized carbons (Fsp3) is 0.188. The van der Waals surface area contributed by atoms with E-state index in [4.69, 9.17) is 5.73 Å². The van der Waals surface area contributed by atoms with Crippen LogP contribution in [0.25, 0.3) is 0 Å². The zero-order valence-electron chi connectivity index (χ0n) is 11.4. The Morgan fingerprint density at radius 2 is 1.95 bits per heavy atom. The summed E-state index contributed by atoms with van der Waals surface area (Å²) in [7, 11) is 0. The van der Waals surface area contributed by atoms with Crippen molar-refractivity contribution in [1.82, 2.24) is 5.32 Å². The largest absolute Gasteiger partial charge is 0.366 e. The topological polar surface area (TPSA) is 55.1 Å². The van der Waals surface area contributed by atoms with Gasteiger partial charge in [-0.1, -0.05) is 18.2 Å². The number of benzene rings is 2. The first-order chi connectivity index (χ1) is 10.1. The Morgan fingerprint density at radius 1 is 1.14 bits per heavy atom. The first-order valence-corrected chi connectivity index (χ1v) is 6.59. The predicted molar refractivity (Wildman–Crippen MR) is 76.7 cm³/mol. The third kappa shape index (κ3) is 4.36. The van der Waals surface area contributed by atoms with Crippen molar-refractivity contribution < 1.29 is 13.6 Å². The van der Waals surface area contributed by atoms with Gasteiger partial charge >= 0.3 is 0 Å². The van der Waals surface area contributed by atoms with Crippen LogP contribution in [0.3, 0.4) is 0 Å². The second-order valence-corrected chi connectivity index (χ2v) is 4.73. The van der Waals surface area contributed by atoms with E-state index >= 15 is 0 Å². The number of nitrogens with two attached hydrogens (primary N) is 1. The minimum Gasteiger partial charge on any atom is -0.366 e. The van der Waals surface area contributed by atoms with Gasteiger partial charge in [-0.2, -0.15) is 0 Å². The van der Waals surface area contributed by atoms with Gasteiger partial charge in [0.15, 0.2) is 0 Å². The number of primary amides is 1. The van der Waals surface area contributed by atoms with Crippen molar-refractivity contribution in [2.24, 2.45) is 5.73 Å². The Bertz CT molecular complexity index is 644. The summed E-state index contributed by atoms with van der Waals surface area (Å²) in [4.78, 5) is 10.9. The number of carbonyl (C=O) groups is 1. The fourth-order valence-corrected chi connectivity index (χ4v) is 1.99. The molecule has 5 heteroatoms. The minimum absolute atomic E-state index is 0.149. The molecule has 21 heavy (non-hydrogen) atoms. The summed E-state index contributed by atoms with van der Waals surface area (Å²) in [5.41, 5.74) is 6.57. The van der Waals surface area contributed by atoms with Crippen LogP contribution in [-0.4, -0.2) is 12.5 Å². The molecule has 110 valence electrons. The Morgan fingerprint density at radius 3 is 2.62 bits per heavy atom. The van der Waals surface area contributed by atoms with Gasteiger partial charge in [-0.05, 0) is 42.8 Å². The summed E-state index contributed by atoms with van der Waals surface area (Å²) >= 11 is 0. The van der Waals surface area contributed by atoms with Gasteiger partial charge in [-0.25, -0.2) is 8.78 Å². The van der Waals surface area contributed by atoms with E-state index in [0.717, 1.165) is 11.6 Å². The average Bonchev–Trinajstić information content (AvgIpc) is 2.45. The molecule has 2 aromatic carbocycles. The molecule has 2 aromatic rings. The van der Waals surface area contributed by atoms with Crippen LogP contribution in [0.4, 0.5) is 8.78 Å². The molecule has 0 saturated carbocycles. The van der Waals surface area contributed by atoms with E-state index in [1.54, 1.807) is 6.07 Å². The first-order valence-electron chi connectivity index (χ1n) is 6.59. The van der Waals surface area contributed by atoms with Gasteiger partial charge in [-0.3, -0.25) is 4.79 Å². The second kappa shape index (κ2) is 6.95. The second-order valence-electron chi connectivity index (χ2n) is 4.73. The van der Waals surface area contributed by atoms with Gasteiger partial charge in [-0.15, -0.1) is 0 Å². The molecule has 0 aliphatic carbocycles. The molecule has 0 aliphatic rings. The lowest BCUT2D eigenvalue weighted by molar-refractivity contribution is 0.1000. The summed E-state index contributed by atoms with van der Waals surface area (Å²) in [5, 5.41) is 3.08. The van der Waals surface area contributed by atoms with Crippen LogP contribution in [0.2, 0.25) is 0 Å². The standard InChI is InChI=1S/C16H16F2N2O/c17-14-3-1-2-11(8-14)6-7-20-10-13-5-4-12(16(19)21)9-15(13)18/h1-5,8-9,20H,6-7,10H2,(H2,19,21). The van der Waals surface area contributed by atoms with E-state index in [1.165, 1.54) is 24.3 Å². The monoisotopic (exact) mass is 290 g/mol. The molecule has 0 saturated heterocycles. The maximum atomic E-state index is 13.7. The highest BCUT2D eigenvalue weighted by atomic mass is 19.1. The number of nitrogens with one attached hydrogen (secondary N) is 1. The van der Waals surface area contributed by atoms with Crippen molar-refractivity contribution in [3.05, 3.63) is 70.8 Å². The normalized spacial score (nSPS) is 10.6. The molecule has 0 aromatic heterocycles. The molecule has 3 nitrogen and oxygen atoms in total. The quantitative estimate of drug-likeness (QED) is 0.803. The van der Waals surface area contributed by atoms with Crippen LogP contribution in [0.15, 0.2) is 42.5 Å². The van der Waals surface area contributed by atoms with Gasteiger partial charge in [0, 0.05) is 17.7 Å². The van der Waals surface area contributed by atoms with E-state index in [-0.39, 0.29) is 11.4 Å². The Kier molecular flexibility index (Phi) is 5.00. The molecule has 3 N–H and O–H groups in total. The van der Waals surface area contributed by atoms with Crippen molar-refractivity contribution in [2.75, 3.05) is 6.54 Å². The zero-order chi connectivity index (χ0) is 15.2. The van der Waals surface area contributed by atoms with Crippen LogP contribution in [-0.2, 0) is 13.0 Å². The molecule has 2 rings (SSSR count). The third-order valence-electron chi connectivity index (χ3n) is 3.13. The number of halogens is 2. The van der Waals surface area contributed by atoms with Crippen molar-refractivity contribution in [3.63, 3.8) is 0 Å². The lowest BCUT2D eigenvalue weighted by atomic mass is 10.1. The van der Waals surface area contributed by atoms with Crippen LogP contribution in [0.1, 0.15) is 21.5 Å². The SMILES string of the molecule is NC(=O)c1ccc(CNCCc2cccc(F)c2)c(F)c1. The van der Waals surface area contributed by atoms with Gasteiger partial charge < -0.3 is 11.1 Å². The average molecular weight is 290 g/mol. The van der Waals surface area contributed by atoms with Crippen molar-refractivity contribution in [2.45, 2.75) is 13.0 Å². The van der Waals surface area contributed by atoms with Crippen molar-refractivity contribution in [1.29, 1.82) is 0 Å². The van der Waals surface area contributed by atoms with Gasteiger partial charge in [0.2, 0.25) is 5.91 Å². The fourth-order valence-electron chi connectivity index (χ4n) is 1.99. The molecule has 0 fully saturated rings. The molecule has 0 atom stereocenters. The lowest BCUT2D eigenvalue weighted by Crippen LogP contribution is -2.18. The van der Waals surface area contributed by atoms with E-state index in [2.05, 4.69) is 5.32 Å². The summed E-state index contributed by atoms with van der Waals surface area (Å²) in [6, 6.07) is 10.5. The first kappa shape index (κ1) is 15.1. The number of carbonyl (C=O) groups excluding carboxylic acids is 1. The van der Waals surface area contributed by atoms with Crippen molar-refractivity contribution in [3.8, 4) is 0 Å². The molecule has 0 heterocycles. The molecule has 0 aliphatic heterocycles. The molecule has 0 radical (unpaired) electrons. The van der Waals surface area contributed by atoms with Crippen molar-refractivity contribution >= 4 is 5.91 Å². The highest BCUT2D eigenvalue weighted by molar-refractivity contribution is 5.92. The summed E-state index contributed by atoms with van der Waals surface area (Å²) in [6.45, 7) is 0.931. The van der Waals surface area contributed by atoms with E-state index in [0.29, 0.717) is 25.1 Å². The van der Waals surface area contributed by atoms with Gasteiger partial charge in [0.25, 0.3) is 0 Å². The molecular formula is C16H16F2N2O. The number of hydrogen-bond donors (Lipinski definition) is 2. The molecule has 1 amide bonds. The number of amides is 1. The maximum Gasteiger partial charge on any atom is 0.248 e. The Balaban J connectivity index is 1.85. The van der Waals surface area contributed by atoms with Crippen LogP contribution in [0, 0.1) is 11.6 Å². The highest BCUT2D eigenvalue weighted by Gasteiger charge is 2.06. The summed E-state index contributed by atoms with van der Waals surface area (Å²) in [6.07, 6.45) is 0.652. The smallest absolute Gasteiger partial charge is 0.248 e. The number of hydrogen-bond acceptors (Lipinski definition) is 2. The summed E-state index contributed by atoms with van der Waals surface area (Å²) < 4.78 is 26.7. The van der Waals surface area contributed by atoms with E-state index in [9.17, 15) is 13.6 Å². The Hall–Kier alpha value is -2.27. The molecular weight excluding hydrogens is 274 g/mol. The van der Waals surface area contributed by atoms with Crippen LogP contribution < -0.4 is 11.1 Å². The van der Waals surface area contributed by atoms with Gasteiger partial charge in [0.1, 0.15) is 11.6 Å². The third-order valence-corrected chi connectivity index (χ3v) is 3.13. The minimum atomic E-state index is -0.653. The van der Waals surface area contributed by atoms with Gasteiger partial charge in [0.05, 0.1) is 0 Å². The molecule has 0 bridgehead atoms. The van der Waals surface area contributed by atoms with Crippen LogP contribution >= 0.6 is 0 Å². The lowest BCUT2D eigenvalue weighted by Gasteiger charge is -2.07. The van der Waals surface area contributed by atoms with E-state index < -0.39 is 11.7 Å². The molecule has 0 spiro atoms. The summed E-state index contributed by atoms with van der Waals surface area (Å²) in [5.74, 6) is -1.38. The highest BCUT2D eigenvalue weighted by Crippen LogP contribution is 2.10. The predicted octanol–water partition coefficient (Wildman–Crippen LogP) is 2.40. The zero-order valence-corrected chi connectivity index (χ0v) is 11.4. The number of rotatable bonds is 6. The molecule has 0 unspecified atom stereocenters. The van der Waals surface area contributed by atoms with Crippen LogP contribution in [0.5, 0.6) is 0 Å².